The van der Waals surface area contributed by atoms with E-state index in [4.69, 9.17) is 0 Å². The number of benzene rings is 2. The van der Waals surface area contributed by atoms with Gasteiger partial charge in [-0.1, -0.05) is 12.1 Å². The number of hydrogen-bond donors (Lipinski definition) is 1. The number of rotatable bonds is 6. The van der Waals surface area contributed by atoms with Gasteiger partial charge in [-0.25, -0.2) is 9.97 Å². The van der Waals surface area contributed by atoms with Crippen LogP contribution in [0.15, 0.2) is 79.4 Å². The van der Waals surface area contributed by atoms with Crippen molar-refractivity contribution in [3.05, 3.63) is 96.9 Å². The lowest BCUT2D eigenvalue weighted by Crippen LogP contribution is -2.01. The average molecular weight is 353 g/mol. The van der Waals surface area contributed by atoms with Gasteiger partial charge in [0, 0.05) is 35.5 Å². The van der Waals surface area contributed by atoms with E-state index < -0.39 is 0 Å². The summed E-state index contributed by atoms with van der Waals surface area (Å²) < 4.78 is 0. The number of aromatic nitrogens is 3. The predicted molar refractivity (Wildman–Crippen MR) is 106 cm³/mol. The zero-order valence-corrected chi connectivity index (χ0v) is 14.5. The Hall–Kier alpha value is -3.60. The zero-order chi connectivity index (χ0) is 18.5. The lowest BCUT2D eigenvalue weighted by atomic mass is 10.0. The van der Waals surface area contributed by atoms with Crippen molar-refractivity contribution in [2.45, 2.75) is 6.42 Å². The molecule has 2 aromatic heterocycles. The second-order valence-corrected chi connectivity index (χ2v) is 6.05. The molecule has 0 aliphatic carbocycles. The number of fused-ring (bicyclic) bond motifs is 1. The summed E-state index contributed by atoms with van der Waals surface area (Å²) in [6, 6.07) is 19.0. The van der Waals surface area contributed by atoms with Crippen LogP contribution in [0.1, 0.15) is 22.3 Å². The molecule has 0 atom stereocenters. The summed E-state index contributed by atoms with van der Waals surface area (Å²) in [5, 5.41) is 4.24. The van der Waals surface area contributed by atoms with Gasteiger partial charge in [-0.15, -0.1) is 0 Å². The SMILES string of the molecule is O=C(C[CH]c1ccncc1)c1ccc(Nc2ncnc3ccccc23)cc1. The van der Waals surface area contributed by atoms with Crippen LogP contribution in [-0.2, 0) is 0 Å². The monoisotopic (exact) mass is 353 g/mol. The van der Waals surface area contributed by atoms with Crippen molar-refractivity contribution >= 4 is 28.2 Å². The molecular formula is C22H17N4O. The van der Waals surface area contributed by atoms with Crippen LogP contribution in [0.3, 0.4) is 0 Å². The molecule has 0 unspecified atom stereocenters. The molecule has 0 saturated carbocycles. The number of nitrogens with zero attached hydrogens (tertiary/aromatic N) is 3. The molecule has 131 valence electrons. The minimum Gasteiger partial charge on any atom is -0.340 e. The maximum atomic E-state index is 12.4. The van der Waals surface area contributed by atoms with Crippen LogP contribution in [-0.4, -0.2) is 20.7 Å². The van der Waals surface area contributed by atoms with E-state index in [0.29, 0.717) is 12.0 Å². The smallest absolute Gasteiger partial charge is 0.163 e. The third-order valence-electron chi connectivity index (χ3n) is 4.24. The fourth-order valence-electron chi connectivity index (χ4n) is 2.81. The first-order valence-electron chi connectivity index (χ1n) is 8.63. The Morgan fingerprint density at radius 2 is 1.70 bits per heavy atom. The summed E-state index contributed by atoms with van der Waals surface area (Å²) in [5.74, 6) is 0.816. The van der Waals surface area contributed by atoms with Gasteiger partial charge in [0.25, 0.3) is 0 Å². The molecule has 0 aliphatic rings. The number of ketones is 1. The molecular weight excluding hydrogens is 336 g/mol. The Balaban J connectivity index is 1.45. The molecule has 0 spiro atoms. The quantitative estimate of drug-likeness (QED) is 0.513. The number of nitrogens with one attached hydrogen (secondary N) is 1. The Morgan fingerprint density at radius 3 is 2.52 bits per heavy atom. The Bertz CT molecular complexity index is 1060. The predicted octanol–water partition coefficient (Wildman–Crippen LogP) is 4.59. The van der Waals surface area contributed by atoms with E-state index in [1.165, 1.54) is 6.33 Å². The molecule has 1 radical (unpaired) electrons. The van der Waals surface area contributed by atoms with E-state index in [2.05, 4.69) is 20.3 Å². The van der Waals surface area contributed by atoms with E-state index in [-0.39, 0.29) is 5.78 Å². The van der Waals surface area contributed by atoms with Gasteiger partial charge in [-0.2, -0.15) is 0 Å². The minimum absolute atomic E-state index is 0.0749. The van der Waals surface area contributed by atoms with E-state index >= 15 is 0 Å². The largest absolute Gasteiger partial charge is 0.340 e. The van der Waals surface area contributed by atoms with Crippen LogP contribution in [0.2, 0.25) is 0 Å². The first kappa shape index (κ1) is 16.8. The normalized spacial score (nSPS) is 10.7. The highest BCUT2D eigenvalue weighted by Crippen LogP contribution is 2.23. The molecule has 1 N–H and O–H groups in total. The number of pyridine rings is 1. The molecule has 0 bridgehead atoms. The molecule has 27 heavy (non-hydrogen) atoms. The van der Waals surface area contributed by atoms with Gasteiger partial charge < -0.3 is 5.32 Å². The topological polar surface area (TPSA) is 67.8 Å². The highest BCUT2D eigenvalue weighted by molar-refractivity contribution is 5.97. The molecule has 5 nitrogen and oxygen atoms in total. The number of hydrogen-bond acceptors (Lipinski definition) is 5. The molecule has 0 fully saturated rings. The Labute approximate surface area is 157 Å². The van der Waals surface area contributed by atoms with Crippen LogP contribution < -0.4 is 5.32 Å². The second kappa shape index (κ2) is 7.74. The molecule has 0 aliphatic heterocycles. The lowest BCUT2D eigenvalue weighted by molar-refractivity contribution is 0.0992. The Kier molecular flexibility index (Phi) is 4.83. The summed E-state index contributed by atoms with van der Waals surface area (Å²) >= 11 is 0. The van der Waals surface area contributed by atoms with Gasteiger partial charge in [0.15, 0.2) is 5.78 Å². The van der Waals surface area contributed by atoms with Crippen molar-refractivity contribution in [1.82, 2.24) is 15.0 Å². The van der Waals surface area contributed by atoms with Crippen LogP contribution in [0.4, 0.5) is 11.5 Å². The van der Waals surface area contributed by atoms with Crippen molar-refractivity contribution < 1.29 is 4.79 Å². The van der Waals surface area contributed by atoms with Gasteiger partial charge in [0.05, 0.1) is 5.52 Å². The fourth-order valence-corrected chi connectivity index (χ4v) is 2.81. The molecule has 2 heterocycles. The number of carbonyl (C=O) groups is 1. The van der Waals surface area contributed by atoms with Crippen LogP contribution in [0, 0.1) is 6.42 Å². The third-order valence-corrected chi connectivity index (χ3v) is 4.24. The number of anilines is 2. The molecule has 0 saturated heterocycles. The summed E-state index contributed by atoms with van der Waals surface area (Å²) in [6.07, 6.45) is 7.23. The van der Waals surface area contributed by atoms with Crippen molar-refractivity contribution in [3.8, 4) is 0 Å². The zero-order valence-electron chi connectivity index (χ0n) is 14.5. The fraction of sp³-hybridized carbons (Fsp3) is 0.0455. The van der Waals surface area contributed by atoms with Crippen molar-refractivity contribution in [2.24, 2.45) is 0 Å². The first-order chi connectivity index (χ1) is 13.3. The number of carbonyl (C=O) groups excluding carboxylic acids is 1. The molecule has 4 aromatic rings. The van der Waals surface area contributed by atoms with E-state index in [1.807, 2.05) is 67.1 Å². The highest BCUT2D eigenvalue weighted by atomic mass is 16.1. The van der Waals surface area contributed by atoms with Gasteiger partial charge in [-0.05, 0) is 60.5 Å². The van der Waals surface area contributed by atoms with Gasteiger partial charge in [-0.3, -0.25) is 9.78 Å². The second-order valence-electron chi connectivity index (χ2n) is 6.05. The van der Waals surface area contributed by atoms with Crippen molar-refractivity contribution in [2.75, 3.05) is 5.32 Å². The number of para-hydroxylation sites is 1. The van der Waals surface area contributed by atoms with Gasteiger partial charge >= 0.3 is 0 Å². The van der Waals surface area contributed by atoms with Crippen LogP contribution >= 0.6 is 0 Å². The van der Waals surface area contributed by atoms with E-state index in [0.717, 1.165) is 28.0 Å². The minimum atomic E-state index is 0.0749. The molecule has 2 aromatic carbocycles. The van der Waals surface area contributed by atoms with Crippen LogP contribution in [0.25, 0.3) is 10.9 Å². The van der Waals surface area contributed by atoms with Crippen molar-refractivity contribution in [3.63, 3.8) is 0 Å². The molecule has 0 amide bonds. The van der Waals surface area contributed by atoms with Gasteiger partial charge in [0.2, 0.25) is 0 Å². The number of Topliss-reactive ketones (excluding diaryl/α,β-unsaturated/α-hetero) is 1. The van der Waals surface area contributed by atoms with E-state index in [9.17, 15) is 4.79 Å². The highest BCUT2D eigenvalue weighted by Gasteiger charge is 2.08. The standard InChI is InChI=1S/C22H17N4O/c27-21(10-5-16-11-13-23-14-12-16)17-6-8-18(9-7-17)26-22-19-3-1-2-4-20(19)24-15-25-22/h1-9,11-15H,10H2,(H,24,25,26). The van der Waals surface area contributed by atoms with Gasteiger partial charge in [0.1, 0.15) is 12.1 Å². The summed E-state index contributed by atoms with van der Waals surface area (Å²) in [6.45, 7) is 0. The van der Waals surface area contributed by atoms with E-state index in [1.54, 1.807) is 12.4 Å². The van der Waals surface area contributed by atoms with Crippen LogP contribution in [0.5, 0.6) is 0 Å². The maximum absolute atomic E-state index is 12.4. The summed E-state index contributed by atoms with van der Waals surface area (Å²) in [5.41, 5.74) is 3.42. The summed E-state index contributed by atoms with van der Waals surface area (Å²) in [7, 11) is 0. The van der Waals surface area contributed by atoms with Crippen molar-refractivity contribution in [1.29, 1.82) is 0 Å². The molecule has 4 rings (SSSR count). The summed E-state index contributed by atoms with van der Waals surface area (Å²) in [4.78, 5) is 24.9. The lowest BCUT2D eigenvalue weighted by Gasteiger charge is -2.09. The Morgan fingerprint density at radius 1 is 0.926 bits per heavy atom. The average Bonchev–Trinajstić information content (AvgIpc) is 2.74. The first-order valence-corrected chi connectivity index (χ1v) is 8.63. The third kappa shape index (κ3) is 3.98. The molecule has 5 heteroatoms. The maximum Gasteiger partial charge on any atom is 0.163 e.